The summed E-state index contributed by atoms with van der Waals surface area (Å²) in [4.78, 5) is 22.6. The zero-order chi connectivity index (χ0) is 11.8. The molecule has 1 N–H and O–H groups in total. The molecule has 4 heteroatoms. The van der Waals surface area contributed by atoms with Gasteiger partial charge in [0, 0.05) is 12.3 Å². The van der Waals surface area contributed by atoms with Crippen LogP contribution in [0.3, 0.4) is 0 Å². The van der Waals surface area contributed by atoms with Crippen LogP contribution in [0.1, 0.15) is 13.3 Å². The predicted molar refractivity (Wildman–Crippen MR) is 61.2 cm³/mol. The predicted octanol–water partition coefficient (Wildman–Crippen LogP) is 1.62. The lowest BCUT2D eigenvalue weighted by Crippen LogP contribution is -2.19. The number of amides is 1. The van der Waals surface area contributed by atoms with Gasteiger partial charge in [0.25, 0.3) is 0 Å². The highest BCUT2D eigenvalue weighted by atomic mass is 16.5. The van der Waals surface area contributed by atoms with Crippen molar-refractivity contribution in [3.63, 3.8) is 0 Å². The van der Waals surface area contributed by atoms with Crippen LogP contribution >= 0.6 is 0 Å². The molecule has 0 saturated carbocycles. The average Bonchev–Trinajstić information content (AvgIpc) is 2.27. The Kier molecular flexibility index (Phi) is 5.22. The number of benzene rings is 1. The van der Waals surface area contributed by atoms with Gasteiger partial charge in [0.05, 0.1) is 6.42 Å². The molecular weight excluding hydrogens is 206 g/mol. The topological polar surface area (TPSA) is 55.4 Å². The van der Waals surface area contributed by atoms with Crippen LogP contribution in [-0.4, -0.2) is 24.9 Å². The van der Waals surface area contributed by atoms with Gasteiger partial charge in [-0.05, 0) is 19.1 Å². The van der Waals surface area contributed by atoms with Gasteiger partial charge in [0.1, 0.15) is 6.61 Å². The van der Waals surface area contributed by atoms with Gasteiger partial charge in [0.15, 0.2) is 5.78 Å². The first-order valence-corrected chi connectivity index (χ1v) is 5.16. The molecule has 1 aromatic carbocycles. The SMILES string of the molecule is CCOCC(=O)CC(=O)Nc1ccccc1. The summed E-state index contributed by atoms with van der Waals surface area (Å²) in [5.74, 6) is -0.522. The van der Waals surface area contributed by atoms with Crippen LogP contribution in [0.5, 0.6) is 0 Å². The van der Waals surface area contributed by atoms with Crippen molar-refractivity contribution in [3.8, 4) is 0 Å². The van der Waals surface area contributed by atoms with E-state index in [0.717, 1.165) is 0 Å². The molecule has 0 bridgehead atoms. The number of carbonyl (C=O) groups excluding carboxylic acids is 2. The smallest absolute Gasteiger partial charge is 0.231 e. The molecule has 0 aliphatic rings. The molecule has 0 aromatic heterocycles. The highest BCUT2D eigenvalue weighted by Crippen LogP contribution is 2.05. The molecule has 0 fully saturated rings. The van der Waals surface area contributed by atoms with Crippen LogP contribution in [-0.2, 0) is 14.3 Å². The number of Topliss-reactive ketones (excluding diaryl/α,β-unsaturated/α-hetero) is 1. The fourth-order valence-corrected chi connectivity index (χ4v) is 1.17. The largest absolute Gasteiger partial charge is 0.374 e. The molecule has 4 nitrogen and oxygen atoms in total. The Morgan fingerprint density at radius 2 is 1.94 bits per heavy atom. The maximum absolute atomic E-state index is 11.4. The molecule has 0 aliphatic carbocycles. The average molecular weight is 221 g/mol. The van der Waals surface area contributed by atoms with Crippen molar-refractivity contribution in [3.05, 3.63) is 30.3 Å². The van der Waals surface area contributed by atoms with Crippen molar-refractivity contribution in [2.75, 3.05) is 18.5 Å². The van der Waals surface area contributed by atoms with E-state index in [2.05, 4.69) is 5.32 Å². The summed E-state index contributed by atoms with van der Waals surface area (Å²) in [7, 11) is 0. The molecule has 86 valence electrons. The molecule has 0 heterocycles. The first kappa shape index (κ1) is 12.4. The van der Waals surface area contributed by atoms with E-state index in [1.807, 2.05) is 18.2 Å². The van der Waals surface area contributed by atoms with E-state index in [4.69, 9.17) is 4.74 Å². The van der Waals surface area contributed by atoms with Crippen molar-refractivity contribution >= 4 is 17.4 Å². The quantitative estimate of drug-likeness (QED) is 0.743. The fourth-order valence-electron chi connectivity index (χ4n) is 1.17. The molecule has 1 aromatic rings. The van der Waals surface area contributed by atoms with Crippen LogP contribution in [0, 0.1) is 0 Å². The van der Waals surface area contributed by atoms with E-state index in [9.17, 15) is 9.59 Å². The zero-order valence-corrected chi connectivity index (χ0v) is 9.23. The second-order valence-electron chi connectivity index (χ2n) is 3.27. The van der Waals surface area contributed by atoms with Gasteiger partial charge < -0.3 is 10.1 Å². The molecule has 0 radical (unpaired) electrons. The van der Waals surface area contributed by atoms with Crippen molar-refractivity contribution in [2.24, 2.45) is 0 Å². The van der Waals surface area contributed by atoms with E-state index in [1.54, 1.807) is 19.1 Å². The van der Waals surface area contributed by atoms with Crippen molar-refractivity contribution in [2.45, 2.75) is 13.3 Å². The molecule has 1 amide bonds. The standard InChI is InChI=1S/C12H15NO3/c1-2-16-9-11(14)8-12(15)13-10-6-4-3-5-7-10/h3-7H,2,8-9H2,1H3,(H,13,15). The molecule has 1 rings (SSSR count). The first-order chi connectivity index (χ1) is 7.72. The molecule has 0 atom stereocenters. The van der Waals surface area contributed by atoms with Crippen molar-refractivity contribution < 1.29 is 14.3 Å². The highest BCUT2D eigenvalue weighted by Gasteiger charge is 2.09. The molecule has 0 unspecified atom stereocenters. The number of hydrogen-bond acceptors (Lipinski definition) is 3. The number of ketones is 1. The van der Waals surface area contributed by atoms with Gasteiger partial charge in [-0.3, -0.25) is 9.59 Å². The van der Waals surface area contributed by atoms with E-state index in [0.29, 0.717) is 12.3 Å². The molecule has 16 heavy (non-hydrogen) atoms. The molecule has 0 aliphatic heterocycles. The summed E-state index contributed by atoms with van der Waals surface area (Å²) >= 11 is 0. The van der Waals surface area contributed by atoms with Gasteiger partial charge in [-0.25, -0.2) is 0 Å². The van der Waals surface area contributed by atoms with E-state index < -0.39 is 0 Å². The Hall–Kier alpha value is -1.68. The Balaban J connectivity index is 2.34. The minimum Gasteiger partial charge on any atom is -0.374 e. The minimum atomic E-state index is -0.309. The normalized spacial score (nSPS) is 9.81. The Morgan fingerprint density at radius 3 is 2.56 bits per heavy atom. The molecule has 0 saturated heterocycles. The molecular formula is C12H15NO3. The third-order valence-corrected chi connectivity index (χ3v) is 1.88. The second kappa shape index (κ2) is 6.74. The summed E-state index contributed by atoms with van der Waals surface area (Å²) < 4.78 is 4.92. The number of rotatable bonds is 6. The van der Waals surface area contributed by atoms with Crippen molar-refractivity contribution in [1.29, 1.82) is 0 Å². The number of anilines is 1. The van der Waals surface area contributed by atoms with Crippen molar-refractivity contribution in [1.82, 2.24) is 0 Å². The first-order valence-electron chi connectivity index (χ1n) is 5.16. The van der Waals surface area contributed by atoms with Gasteiger partial charge in [-0.2, -0.15) is 0 Å². The third-order valence-electron chi connectivity index (χ3n) is 1.88. The van der Waals surface area contributed by atoms with Gasteiger partial charge >= 0.3 is 0 Å². The minimum absolute atomic E-state index is 0.00128. The lowest BCUT2D eigenvalue weighted by atomic mass is 10.2. The Bertz CT molecular complexity index is 349. The molecule has 0 spiro atoms. The van der Waals surface area contributed by atoms with E-state index >= 15 is 0 Å². The maximum atomic E-state index is 11.4. The van der Waals surface area contributed by atoms with Crippen LogP contribution in [0.25, 0.3) is 0 Å². The Labute approximate surface area is 94.6 Å². The number of nitrogens with one attached hydrogen (secondary N) is 1. The zero-order valence-electron chi connectivity index (χ0n) is 9.23. The number of hydrogen-bond donors (Lipinski definition) is 1. The van der Waals surface area contributed by atoms with Gasteiger partial charge in [0.2, 0.25) is 5.91 Å². The fraction of sp³-hybridized carbons (Fsp3) is 0.333. The van der Waals surface area contributed by atoms with Crippen LogP contribution in [0.2, 0.25) is 0 Å². The van der Waals surface area contributed by atoms with Gasteiger partial charge in [-0.15, -0.1) is 0 Å². The number of carbonyl (C=O) groups is 2. The number of para-hydroxylation sites is 1. The van der Waals surface area contributed by atoms with E-state index in [1.165, 1.54) is 0 Å². The number of ether oxygens (including phenoxy) is 1. The summed E-state index contributed by atoms with van der Waals surface area (Å²) in [5.41, 5.74) is 0.691. The lowest BCUT2D eigenvalue weighted by molar-refractivity contribution is -0.128. The van der Waals surface area contributed by atoms with Crippen LogP contribution in [0.4, 0.5) is 5.69 Å². The van der Waals surface area contributed by atoms with Crippen LogP contribution in [0.15, 0.2) is 30.3 Å². The third kappa shape index (κ3) is 4.70. The monoisotopic (exact) mass is 221 g/mol. The summed E-state index contributed by atoms with van der Waals surface area (Å²) in [6, 6.07) is 9.03. The Morgan fingerprint density at radius 1 is 1.25 bits per heavy atom. The lowest BCUT2D eigenvalue weighted by Gasteiger charge is -2.04. The van der Waals surface area contributed by atoms with E-state index in [-0.39, 0.29) is 24.7 Å². The van der Waals surface area contributed by atoms with Crippen LogP contribution < -0.4 is 5.32 Å². The maximum Gasteiger partial charge on any atom is 0.231 e. The van der Waals surface area contributed by atoms with Gasteiger partial charge in [-0.1, -0.05) is 18.2 Å². The summed E-state index contributed by atoms with van der Waals surface area (Å²) in [6.45, 7) is 2.28. The summed E-state index contributed by atoms with van der Waals surface area (Å²) in [5, 5.41) is 2.63. The summed E-state index contributed by atoms with van der Waals surface area (Å²) in [6.07, 6.45) is -0.144. The second-order valence-corrected chi connectivity index (χ2v) is 3.27. The highest BCUT2D eigenvalue weighted by molar-refractivity contribution is 6.04.